The number of aromatic nitrogens is 1. The van der Waals surface area contributed by atoms with E-state index in [0.717, 1.165) is 40.9 Å². The van der Waals surface area contributed by atoms with Crippen molar-refractivity contribution >= 4 is 21.6 Å². The fourth-order valence-corrected chi connectivity index (χ4v) is 3.62. The lowest BCUT2D eigenvalue weighted by atomic mass is 10.2. The first-order valence-electron chi connectivity index (χ1n) is 8.09. The normalized spacial score (nSPS) is 11.3. The molecule has 5 heteroatoms. The number of rotatable bonds is 7. The van der Waals surface area contributed by atoms with Crippen LogP contribution in [0.25, 0.3) is 10.1 Å². The van der Waals surface area contributed by atoms with E-state index >= 15 is 0 Å². The first-order valence-corrected chi connectivity index (χ1v) is 8.86. The van der Waals surface area contributed by atoms with Gasteiger partial charge in [-0.05, 0) is 50.8 Å². The SMILES string of the molecule is CN(C)CCCn1sc2cc(OCc3ccccc3)ccc2c1=O. The van der Waals surface area contributed by atoms with Gasteiger partial charge in [0.05, 0.1) is 10.1 Å². The first-order chi connectivity index (χ1) is 11.6. The van der Waals surface area contributed by atoms with Gasteiger partial charge in [0.25, 0.3) is 5.56 Å². The molecular formula is C19H22N2O2S. The molecular weight excluding hydrogens is 320 g/mol. The predicted molar refractivity (Wildman–Crippen MR) is 100 cm³/mol. The number of benzene rings is 2. The number of aryl methyl sites for hydroxylation is 1. The molecule has 0 atom stereocenters. The maximum atomic E-state index is 12.4. The van der Waals surface area contributed by atoms with Crippen LogP contribution in [-0.4, -0.2) is 29.5 Å². The zero-order chi connectivity index (χ0) is 16.9. The highest BCUT2D eigenvalue weighted by Gasteiger charge is 2.09. The maximum absolute atomic E-state index is 12.4. The summed E-state index contributed by atoms with van der Waals surface area (Å²) in [6.07, 6.45) is 0.969. The molecule has 0 aliphatic rings. The molecule has 0 saturated heterocycles. The zero-order valence-electron chi connectivity index (χ0n) is 14.1. The average molecular weight is 342 g/mol. The van der Waals surface area contributed by atoms with E-state index in [4.69, 9.17) is 4.74 Å². The Morgan fingerprint density at radius 2 is 1.92 bits per heavy atom. The van der Waals surface area contributed by atoms with Crippen molar-refractivity contribution in [2.45, 2.75) is 19.6 Å². The molecule has 0 amide bonds. The highest BCUT2D eigenvalue weighted by molar-refractivity contribution is 7.13. The van der Waals surface area contributed by atoms with Crippen LogP contribution in [0.2, 0.25) is 0 Å². The van der Waals surface area contributed by atoms with Crippen LogP contribution in [0.4, 0.5) is 0 Å². The third-order valence-electron chi connectivity index (χ3n) is 3.83. The van der Waals surface area contributed by atoms with E-state index in [1.165, 1.54) is 11.5 Å². The number of hydrogen-bond donors (Lipinski definition) is 0. The lowest BCUT2D eigenvalue weighted by Gasteiger charge is -2.08. The molecule has 0 aliphatic carbocycles. The second kappa shape index (κ2) is 7.64. The molecule has 0 radical (unpaired) electrons. The molecule has 126 valence electrons. The smallest absolute Gasteiger partial charge is 0.268 e. The minimum Gasteiger partial charge on any atom is -0.489 e. The van der Waals surface area contributed by atoms with Crippen molar-refractivity contribution in [2.75, 3.05) is 20.6 Å². The van der Waals surface area contributed by atoms with E-state index in [2.05, 4.69) is 4.90 Å². The highest BCUT2D eigenvalue weighted by atomic mass is 32.1. The van der Waals surface area contributed by atoms with E-state index in [1.807, 2.05) is 66.6 Å². The summed E-state index contributed by atoms with van der Waals surface area (Å²) in [6, 6.07) is 15.8. The Bertz CT molecular complexity index is 853. The summed E-state index contributed by atoms with van der Waals surface area (Å²) in [5.41, 5.74) is 1.23. The summed E-state index contributed by atoms with van der Waals surface area (Å²) in [5.74, 6) is 0.799. The molecule has 1 heterocycles. The van der Waals surface area contributed by atoms with Crippen molar-refractivity contribution in [3.05, 3.63) is 64.4 Å². The van der Waals surface area contributed by atoms with Crippen LogP contribution in [0.15, 0.2) is 53.3 Å². The van der Waals surface area contributed by atoms with E-state index < -0.39 is 0 Å². The average Bonchev–Trinajstić information content (AvgIpc) is 2.89. The van der Waals surface area contributed by atoms with Crippen LogP contribution in [0.3, 0.4) is 0 Å². The topological polar surface area (TPSA) is 34.5 Å². The summed E-state index contributed by atoms with van der Waals surface area (Å²) in [4.78, 5) is 14.5. The molecule has 3 rings (SSSR count). The third kappa shape index (κ3) is 4.04. The van der Waals surface area contributed by atoms with Crippen molar-refractivity contribution in [1.29, 1.82) is 0 Å². The second-order valence-corrected chi connectivity index (χ2v) is 7.15. The number of hydrogen-bond acceptors (Lipinski definition) is 4. The van der Waals surface area contributed by atoms with E-state index in [9.17, 15) is 4.79 Å². The lowest BCUT2D eigenvalue weighted by Crippen LogP contribution is -2.18. The number of ether oxygens (including phenoxy) is 1. The van der Waals surface area contributed by atoms with Crippen molar-refractivity contribution in [1.82, 2.24) is 8.86 Å². The molecule has 1 aromatic heterocycles. The first kappa shape index (κ1) is 16.7. The summed E-state index contributed by atoms with van der Waals surface area (Å²) in [6.45, 7) is 2.27. The molecule has 0 N–H and O–H groups in total. The second-order valence-electron chi connectivity index (χ2n) is 6.09. The quantitative estimate of drug-likeness (QED) is 0.658. The zero-order valence-corrected chi connectivity index (χ0v) is 14.9. The molecule has 2 aromatic carbocycles. The number of fused-ring (bicyclic) bond motifs is 1. The molecule has 0 saturated carbocycles. The molecule has 24 heavy (non-hydrogen) atoms. The molecule has 4 nitrogen and oxygen atoms in total. The van der Waals surface area contributed by atoms with Crippen molar-refractivity contribution < 1.29 is 4.74 Å². The Morgan fingerprint density at radius 3 is 2.67 bits per heavy atom. The molecule has 0 spiro atoms. The Morgan fingerprint density at radius 1 is 1.12 bits per heavy atom. The van der Waals surface area contributed by atoms with Crippen LogP contribution >= 0.6 is 11.5 Å². The summed E-state index contributed by atoms with van der Waals surface area (Å²) < 4.78 is 8.67. The molecule has 0 bridgehead atoms. The van der Waals surface area contributed by atoms with Crippen LogP contribution in [-0.2, 0) is 13.2 Å². The van der Waals surface area contributed by atoms with E-state index in [-0.39, 0.29) is 5.56 Å². The van der Waals surface area contributed by atoms with Gasteiger partial charge < -0.3 is 9.64 Å². The van der Waals surface area contributed by atoms with Gasteiger partial charge in [-0.15, -0.1) is 0 Å². The van der Waals surface area contributed by atoms with Gasteiger partial charge in [0.2, 0.25) is 0 Å². The van der Waals surface area contributed by atoms with Gasteiger partial charge in [0.1, 0.15) is 12.4 Å². The summed E-state index contributed by atoms with van der Waals surface area (Å²) >= 11 is 1.52. The van der Waals surface area contributed by atoms with Gasteiger partial charge in [-0.25, -0.2) is 0 Å². The predicted octanol–water partition coefficient (Wildman–Crippen LogP) is 3.59. The van der Waals surface area contributed by atoms with Crippen LogP contribution in [0.5, 0.6) is 5.75 Å². The Hall–Kier alpha value is -2.11. The maximum Gasteiger partial charge on any atom is 0.268 e. The largest absolute Gasteiger partial charge is 0.489 e. The minimum absolute atomic E-state index is 0.100. The summed E-state index contributed by atoms with van der Waals surface area (Å²) in [7, 11) is 4.09. The molecule has 0 fully saturated rings. The van der Waals surface area contributed by atoms with Crippen molar-refractivity contribution in [3.63, 3.8) is 0 Å². The van der Waals surface area contributed by atoms with Gasteiger partial charge in [0, 0.05) is 6.54 Å². The third-order valence-corrected chi connectivity index (χ3v) is 4.94. The Balaban J connectivity index is 1.72. The Kier molecular flexibility index (Phi) is 5.33. The van der Waals surface area contributed by atoms with E-state index in [1.54, 1.807) is 0 Å². The van der Waals surface area contributed by atoms with Crippen LogP contribution in [0, 0.1) is 0 Å². The number of nitrogens with zero attached hydrogens (tertiary/aromatic N) is 2. The monoisotopic (exact) mass is 342 g/mol. The lowest BCUT2D eigenvalue weighted by molar-refractivity contribution is 0.306. The van der Waals surface area contributed by atoms with Crippen molar-refractivity contribution in [3.8, 4) is 5.75 Å². The van der Waals surface area contributed by atoms with Crippen LogP contribution in [0.1, 0.15) is 12.0 Å². The highest BCUT2D eigenvalue weighted by Crippen LogP contribution is 2.23. The minimum atomic E-state index is 0.100. The molecule has 0 unspecified atom stereocenters. The standard InChI is InChI=1S/C19H22N2O2S/c1-20(2)11-6-12-21-19(22)17-10-9-16(13-18(17)24-21)23-14-15-7-4-3-5-8-15/h3-5,7-10,13H,6,11-12,14H2,1-2H3. The van der Waals surface area contributed by atoms with Gasteiger partial charge in [0.15, 0.2) is 0 Å². The molecule has 3 aromatic rings. The fraction of sp³-hybridized carbons (Fsp3) is 0.316. The van der Waals surface area contributed by atoms with Crippen molar-refractivity contribution in [2.24, 2.45) is 0 Å². The molecule has 0 aliphatic heterocycles. The van der Waals surface area contributed by atoms with Gasteiger partial charge in [-0.1, -0.05) is 41.9 Å². The van der Waals surface area contributed by atoms with Gasteiger partial charge >= 0.3 is 0 Å². The van der Waals surface area contributed by atoms with E-state index in [0.29, 0.717) is 6.61 Å². The van der Waals surface area contributed by atoms with Crippen LogP contribution < -0.4 is 10.3 Å². The van der Waals surface area contributed by atoms with Gasteiger partial charge in [-0.2, -0.15) is 0 Å². The van der Waals surface area contributed by atoms with Gasteiger partial charge in [-0.3, -0.25) is 8.75 Å². The fourth-order valence-electron chi connectivity index (χ4n) is 2.56. The summed E-state index contributed by atoms with van der Waals surface area (Å²) in [5, 5.41) is 0.775. The Labute approximate surface area is 146 Å².